The first-order chi connectivity index (χ1) is 10.1. The zero-order valence-electron chi connectivity index (χ0n) is 12.9. The molecule has 1 heterocycles. The van der Waals surface area contributed by atoms with E-state index in [4.69, 9.17) is 4.74 Å². The number of aromatic nitrogens is 1. The molecule has 21 heavy (non-hydrogen) atoms. The van der Waals surface area contributed by atoms with Gasteiger partial charge in [-0.05, 0) is 49.2 Å². The molecule has 1 aromatic carbocycles. The molecule has 0 spiro atoms. The van der Waals surface area contributed by atoms with Crippen LogP contribution in [0.25, 0.3) is 0 Å². The molecule has 0 aliphatic heterocycles. The Labute approximate surface area is 125 Å². The Morgan fingerprint density at radius 1 is 1.33 bits per heavy atom. The highest BCUT2D eigenvalue weighted by atomic mass is 19.1. The standard InChI is InChI=1S/C17H23FN2O/c1-4-8-19-13(2)15-7-9-20(12-15)11-14-5-6-17(21-3)16(18)10-14/h5-7,9-10,12-13,19H,4,8,11H2,1-3H3. The molecule has 0 saturated carbocycles. The summed E-state index contributed by atoms with van der Waals surface area (Å²) in [4.78, 5) is 0. The van der Waals surface area contributed by atoms with Crippen LogP contribution in [0, 0.1) is 5.82 Å². The number of hydrogen-bond acceptors (Lipinski definition) is 2. The van der Waals surface area contributed by atoms with Gasteiger partial charge in [-0.15, -0.1) is 0 Å². The second-order valence-electron chi connectivity index (χ2n) is 5.26. The first-order valence-corrected chi connectivity index (χ1v) is 7.35. The maximum Gasteiger partial charge on any atom is 0.165 e. The van der Waals surface area contributed by atoms with Crippen molar-refractivity contribution in [3.05, 3.63) is 53.6 Å². The van der Waals surface area contributed by atoms with Gasteiger partial charge in [0.25, 0.3) is 0 Å². The number of nitrogens with zero attached hydrogens (tertiary/aromatic N) is 1. The van der Waals surface area contributed by atoms with Crippen molar-refractivity contribution in [3.8, 4) is 5.75 Å². The van der Waals surface area contributed by atoms with Gasteiger partial charge in [0.1, 0.15) is 0 Å². The van der Waals surface area contributed by atoms with E-state index in [1.165, 1.54) is 18.7 Å². The zero-order chi connectivity index (χ0) is 15.2. The largest absolute Gasteiger partial charge is 0.494 e. The topological polar surface area (TPSA) is 26.2 Å². The molecule has 0 saturated heterocycles. The molecule has 2 rings (SSSR count). The Hall–Kier alpha value is -1.81. The number of rotatable bonds is 7. The summed E-state index contributed by atoms with van der Waals surface area (Å²) >= 11 is 0. The molecule has 114 valence electrons. The van der Waals surface area contributed by atoms with Gasteiger partial charge >= 0.3 is 0 Å². The Kier molecular flexibility index (Phi) is 5.39. The summed E-state index contributed by atoms with van der Waals surface area (Å²) in [5.74, 6) is -0.0373. The van der Waals surface area contributed by atoms with E-state index < -0.39 is 0 Å². The van der Waals surface area contributed by atoms with Crippen LogP contribution in [0.3, 0.4) is 0 Å². The number of benzene rings is 1. The molecule has 1 unspecified atom stereocenters. The Morgan fingerprint density at radius 2 is 2.14 bits per heavy atom. The lowest BCUT2D eigenvalue weighted by molar-refractivity contribution is 0.386. The molecule has 0 bridgehead atoms. The molecule has 4 heteroatoms. The van der Waals surface area contributed by atoms with Crippen molar-refractivity contribution in [1.82, 2.24) is 9.88 Å². The summed E-state index contributed by atoms with van der Waals surface area (Å²) in [7, 11) is 1.47. The number of methoxy groups -OCH3 is 1. The second kappa shape index (κ2) is 7.27. The third-order valence-electron chi connectivity index (χ3n) is 3.56. The fourth-order valence-electron chi connectivity index (χ4n) is 2.31. The Balaban J connectivity index is 2.03. The Morgan fingerprint density at radius 3 is 2.81 bits per heavy atom. The van der Waals surface area contributed by atoms with Crippen molar-refractivity contribution in [3.63, 3.8) is 0 Å². The molecular formula is C17H23FN2O. The van der Waals surface area contributed by atoms with E-state index in [9.17, 15) is 4.39 Å². The molecule has 0 aliphatic rings. The molecular weight excluding hydrogens is 267 g/mol. The lowest BCUT2D eigenvalue weighted by Crippen LogP contribution is -2.18. The summed E-state index contributed by atoms with van der Waals surface area (Å²) in [5.41, 5.74) is 2.17. The van der Waals surface area contributed by atoms with Crippen LogP contribution in [0.15, 0.2) is 36.7 Å². The molecule has 0 radical (unpaired) electrons. The molecule has 0 amide bonds. The second-order valence-corrected chi connectivity index (χ2v) is 5.26. The van der Waals surface area contributed by atoms with Gasteiger partial charge < -0.3 is 14.6 Å². The third-order valence-corrected chi connectivity index (χ3v) is 3.56. The van der Waals surface area contributed by atoms with Gasteiger partial charge in [0, 0.05) is 25.0 Å². The van der Waals surface area contributed by atoms with Crippen LogP contribution >= 0.6 is 0 Å². The summed E-state index contributed by atoms with van der Waals surface area (Å²) in [6.45, 7) is 5.98. The average Bonchev–Trinajstić information content (AvgIpc) is 2.93. The normalized spacial score (nSPS) is 12.4. The summed E-state index contributed by atoms with van der Waals surface area (Å²) in [6, 6.07) is 7.52. The molecule has 1 aromatic heterocycles. The van der Waals surface area contributed by atoms with E-state index in [1.807, 2.05) is 12.3 Å². The SMILES string of the molecule is CCCNC(C)c1ccn(Cc2ccc(OC)c(F)c2)c1. The fourth-order valence-corrected chi connectivity index (χ4v) is 2.31. The first-order valence-electron chi connectivity index (χ1n) is 7.35. The molecule has 2 aromatic rings. The lowest BCUT2D eigenvalue weighted by Gasteiger charge is -2.11. The minimum atomic E-state index is -0.319. The predicted molar refractivity (Wildman–Crippen MR) is 83.2 cm³/mol. The van der Waals surface area contributed by atoms with Gasteiger partial charge in [-0.2, -0.15) is 0 Å². The minimum Gasteiger partial charge on any atom is -0.494 e. The molecule has 1 atom stereocenters. The van der Waals surface area contributed by atoms with E-state index in [2.05, 4.69) is 36.0 Å². The van der Waals surface area contributed by atoms with Crippen LogP contribution in [0.2, 0.25) is 0 Å². The van der Waals surface area contributed by atoms with Gasteiger partial charge in [0.15, 0.2) is 11.6 Å². The van der Waals surface area contributed by atoms with Crippen LogP contribution in [-0.2, 0) is 6.54 Å². The van der Waals surface area contributed by atoms with E-state index >= 15 is 0 Å². The molecule has 0 fully saturated rings. The van der Waals surface area contributed by atoms with Crippen molar-refractivity contribution in [2.45, 2.75) is 32.9 Å². The van der Waals surface area contributed by atoms with Crippen LogP contribution in [0.1, 0.15) is 37.4 Å². The fraction of sp³-hybridized carbons (Fsp3) is 0.412. The maximum absolute atomic E-state index is 13.7. The number of ether oxygens (including phenoxy) is 1. The summed E-state index contributed by atoms with van der Waals surface area (Å²) < 4.78 is 20.7. The van der Waals surface area contributed by atoms with Crippen LogP contribution in [0.4, 0.5) is 4.39 Å². The number of hydrogen-bond donors (Lipinski definition) is 1. The van der Waals surface area contributed by atoms with Crippen molar-refractivity contribution >= 4 is 0 Å². The highest BCUT2D eigenvalue weighted by Gasteiger charge is 2.07. The van der Waals surface area contributed by atoms with Crippen LogP contribution in [0.5, 0.6) is 5.75 Å². The van der Waals surface area contributed by atoms with Crippen molar-refractivity contribution in [1.29, 1.82) is 0 Å². The van der Waals surface area contributed by atoms with Crippen molar-refractivity contribution < 1.29 is 9.13 Å². The smallest absolute Gasteiger partial charge is 0.165 e. The zero-order valence-corrected chi connectivity index (χ0v) is 12.9. The van der Waals surface area contributed by atoms with E-state index in [0.717, 1.165) is 18.5 Å². The van der Waals surface area contributed by atoms with Crippen LogP contribution < -0.4 is 10.1 Å². The lowest BCUT2D eigenvalue weighted by atomic mass is 10.2. The maximum atomic E-state index is 13.7. The quantitative estimate of drug-likeness (QED) is 0.840. The van der Waals surface area contributed by atoms with Gasteiger partial charge in [-0.1, -0.05) is 13.0 Å². The van der Waals surface area contributed by atoms with E-state index in [0.29, 0.717) is 12.6 Å². The molecule has 0 aliphatic carbocycles. The average molecular weight is 290 g/mol. The van der Waals surface area contributed by atoms with Gasteiger partial charge in [0.2, 0.25) is 0 Å². The van der Waals surface area contributed by atoms with E-state index in [1.54, 1.807) is 6.07 Å². The van der Waals surface area contributed by atoms with Crippen molar-refractivity contribution in [2.24, 2.45) is 0 Å². The predicted octanol–water partition coefficient (Wildman–Crippen LogP) is 3.74. The van der Waals surface area contributed by atoms with E-state index in [-0.39, 0.29) is 11.6 Å². The number of nitrogens with one attached hydrogen (secondary N) is 1. The molecule has 3 nitrogen and oxygen atoms in total. The first kappa shape index (κ1) is 15.6. The van der Waals surface area contributed by atoms with Crippen molar-refractivity contribution in [2.75, 3.05) is 13.7 Å². The summed E-state index contributed by atoms with van der Waals surface area (Å²) in [5, 5.41) is 3.46. The highest BCUT2D eigenvalue weighted by molar-refractivity contribution is 5.29. The monoisotopic (exact) mass is 290 g/mol. The van der Waals surface area contributed by atoms with Crippen LogP contribution in [-0.4, -0.2) is 18.2 Å². The number of halogens is 1. The third kappa shape index (κ3) is 4.08. The van der Waals surface area contributed by atoms with Gasteiger partial charge in [-0.3, -0.25) is 0 Å². The highest BCUT2D eigenvalue weighted by Crippen LogP contribution is 2.19. The van der Waals surface area contributed by atoms with Gasteiger partial charge in [-0.25, -0.2) is 4.39 Å². The summed E-state index contributed by atoms with van der Waals surface area (Å²) in [6.07, 6.45) is 5.26. The van der Waals surface area contributed by atoms with Gasteiger partial charge in [0.05, 0.1) is 7.11 Å². The Bertz CT molecular complexity index is 580. The molecule has 1 N–H and O–H groups in total. The minimum absolute atomic E-state index is 0.282.